The Labute approximate surface area is 157 Å². The molecule has 0 atom stereocenters. The number of ether oxygens (including phenoxy) is 1. The second-order valence-electron chi connectivity index (χ2n) is 6.46. The van der Waals surface area contributed by atoms with Crippen LogP contribution in [0.2, 0.25) is 0 Å². The summed E-state index contributed by atoms with van der Waals surface area (Å²) in [4.78, 5) is 20.1. The molecule has 7 nitrogen and oxygen atoms in total. The first kappa shape index (κ1) is 17.0. The number of carbonyl (C=O) groups is 1. The summed E-state index contributed by atoms with van der Waals surface area (Å²) in [5, 5.41) is 6.36. The molecule has 5 N–H and O–H groups in total. The van der Waals surface area contributed by atoms with E-state index in [-0.39, 0.29) is 5.91 Å². The number of aromatic nitrogens is 2. The summed E-state index contributed by atoms with van der Waals surface area (Å²) in [6, 6.07) is 9.44. The SMILES string of the molecule is COc1cccc(Nc2c(-c3ccnc(N)c3)[nH]c3c2C(=O)NCC3)c1C. The Kier molecular flexibility index (Phi) is 4.19. The fourth-order valence-electron chi connectivity index (χ4n) is 3.43. The molecular weight excluding hydrogens is 342 g/mol. The summed E-state index contributed by atoms with van der Waals surface area (Å²) in [5.41, 5.74) is 11.7. The fraction of sp³-hybridized carbons (Fsp3) is 0.200. The van der Waals surface area contributed by atoms with Gasteiger partial charge in [0.1, 0.15) is 11.6 Å². The van der Waals surface area contributed by atoms with Gasteiger partial charge in [0.25, 0.3) is 5.91 Å². The van der Waals surface area contributed by atoms with E-state index in [0.717, 1.165) is 46.1 Å². The van der Waals surface area contributed by atoms with Crippen molar-refractivity contribution in [2.45, 2.75) is 13.3 Å². The lowest BCUT2D eigenvalue weighted by Gasteiger charge is -2.17. The molecule has 0 aliphatic carbocycles. The summed E-state index contributed by atoms with van der Waals surface area (Å²) in [7, 11) is 1.64. The molecule has 3 aromatic rings. The van der Waals surface area contributed by atoms with Crippen molar-refractivity contribution < 1.29 is 9.53 Å². The Morgan fingerprint density at radius 1 is 1.30 bits per heavy atom. The maximum atomic E-state index is 12.6. The van der Waals surface area contributed by atoms with Gasteiger partial charge in [-0.3, -0.25) is 4.79 Å². The Hall–Kier alpha value is -3.48. The lowest BCUT2D eigenvalue weighted by Crippen LogP contribution is -2.31. The predicted molar refractivity (Wildman–Crippen MR) is 105 cm³/mol. The van der Waals surface area contributed by atoms with E-state index in [1.165, 1.54) is 0 Å². The molecule has 0 saturated heterocycles. The monoisotopic (exact) mass is 363 g/mol. The molecule has 7 heteroatoms. The number of nitrogens with two attached hydrogens (primary N) is 1. The number of rotatable bonds is 4. The van der Waals surface area contributed by atoms with Gasteiger partial charge in [0.15, 0.2) is 0 Å². The van der Waals surface area contributed by atoms with Gasteiger partial charge in [-0.05, 0) is 31.2 Å². The molecule has 27 heavy (non-hydrogen) atoms. The summed E-state index contributed by atoms with van der Waals surface area (Å²) >= 11 is 0. The van der Waals surface area contributed by atoms with Crippen molar-refractivity contribution in [1.29, 1.82) is 0 Å². The number of nitrogens with one attached hydrogen (secondary N) is 3. The van der Waals surface area contributed by atoms with Crippen LogP contribution >= 0.6 is 0 Å². The van der Waals surface area contributed by atoms with Crippen LogP contribution in [-0.2, 0) is 6.42 Å². The number of H-pyrrole nitrogens is 1. The number of benzene rings is 1. The number of anilines is 3. The standard InChI is InChI=1S/C20H21N5O2/c1-11-13(4-3-5-15(11)27-2)24-19-17-14(7-9-23-20(17)26)25-18(19)12-6-8-22-16(21)10-12/h3-6,8,10,24-25H,7,9H2,1-2H3,(H2,21,22)(H,23,26). The Morgan fingerprint density at radius 2 is 2.15 bits per heavy atom. The molecule has 0 spiro atoms. The molecule has 2 aromatic heterocycles. The third kappa shape index (κ3) is 2.97. The van der Waals surface area contributed by atoms with E-state index in [9.17, 15) is 4.79 Å². The first-order valence-corrected chi connectivity index (χ1v) is 8.74. The van der Waals surface area contributed by atoms with Crippen LogP contribution in [0.5, 0.6) is 5.75 Å². The van der Waals surface area contributed by atoms with E-state index in [4.69, 9.17) is 10.5 Å². The zero-order valence-corrected chi connectivity index (χ0v) is 15.2. The van der Waals surface area contributed by atoms with E-state index in [1.54, 1.807) is 19.4 Å². The molecule has 0 fully saturated rings. The number of methoxy groups -OCH3 is 1. The van der Waals surface area contributed by atoms with Crippen LogP contribution in [0, 0.1) is 6.92 Å². The summed E-state index contributed by atoms with van der Waals surface area (Å²) in [5.74, 6) is 1.11. The fourth-order valence-corrected chi connectivity index (χ4v) is 3.43. The van der Waals surface area contributed by atoms with Gasteiger partial charge in [-0.1, -0.05) is 6.07 Å². The van der Waals surface area contributed by atoms with Crippen LogP contribution in [0.3, 0.4) is 0 Å². The van der Waals surface area contributed by atoms with Crippen molar-refractivity contribution in [3.05, 3.63) is 53.3 Å². The van der Waals surface area contributed by atoms with Gasteiger partial charge in [0.2, 0.25) is 0 Å². The zero-order valence-electron chi connectivity index (χ0n) is 15.2. The molecule has 0 radical (unpaired) electrons. The average molecular weight is 363 g/mol. The third-order valence-electron chi connectivity index (χ3n) is 4.80. The molecule has 0 bridgehead atoms. The van der Waals surface area contributed by atoms with E-state index >= 15 is 0 Å². The number of nitrogens with zero attached hydrogens (tertiary/aromatic N) is 1. The number of hydrogen-bond donors (Lipinski definition) is 4. The number of fused-ring (bicyclic) bond motifs is 1. The molecule has 0 saturated carbocycles. The van der Waals surface area contributed by atoms with Gasteiger partial charge >= 0.3 is 0 Å². The number of amides is 1. The minimum absolute atomic E-state index is 0.0937. The average Bonchev–Trinajstić information content (AvgIpc) is 3.03. The third-order valence-corrected chi connectivity index (χ3v) is 4.80. The van der Waals surface area contributed by atoms with Crippen LogP contribution in [0.15, 0.2) is 36.5 Å². The Balaban J connectivity index is 1.88. The van der Waals surface area contributed by atoms with E-state index in [1.807, 2.05) is 31.2 Å². The highest BCUT2D eigenvalue weighted by Gasteiger charge is 2.27. The maximum Gasteiger partial charge on any atom is 0.255 e. The van der Waals surface area contributed by atoms with Crippen molar-refractivity contribution in [3.63, 3.8) is 0 Å². The van der Waals surface area contributed by atoms with E-state index in [2.05, 4.69) is 20.6 Å². The van der Waals surface area contributed by atoms with E-state index in [0.29, 0.717) is 17.9 Å². The summed E-state index contributed by atoms with van der Waals surface area (Å²) < 4.78 is 5.42. The zero-order chi connectivity index (χ0) is 19.0. The molecule has 0 unspecified atom stereocenters. The molecule has 1 aliphatic rings. The van der Waals surface area contributed by atoms with Gasteiger partial charge < -0.3 is 26.1 Å². The van der Waals surface area contributed by atoms with Crippen LogP contribution < -0.4 is 21.1 Å². The lowest BCUT2D eigenvalue weighted by atomic mass is 10.0. The van der Waals surface area contributed by atoms with Gasteiger partial charge in [0.05, 0.1) is 24.1 Å². The van der Waals surface area contributed by atoms with Gasteiger partial charge in [-0.2, -0.15) is 0 Å². The molecule has 3 heterocycles. The van der Waals surface area contributed by atoms with Crippen LogP contribution in [-0.4, -0.2) is 29.5 Å². The van der Waals surface area contributed by atoms with Crippen molar-refractivity contribution in [2.24, 2.45) is 0 Å². The van der Waals surface area contributed by atoms with Crippen LogP contribution in [0.25, 0.3) is 11.3 Å². The van der Waals surface area contributed by atoms with Crippen molar-refractivity contribution >= 4 is 23.1 Å². The quantitative estimate of drug-likeness (QED) is 0.570. The molecule has 138 valence electrons. The molecule has 1 amide bonds. The van der Waals surface area contributed by atoms with Crippen molar-refractivity contribution in [3.8, 4) is 17.0 Å². The second-order valence-corrected chi connectivity index (χ2v) is 6.46. The number of pyridine rings is 1. The topological polar surface area (TPSA) is 105 Å². The lowest BCUT2D eigenvalue weighted by molar-refractivity contribution is 0.0947. The predicted octanol–water partition coefficient (Wildman–Crippen LogP) is 3.01. The number of aromatic amines is 1. The van der Waals surface area contributed by atoms with Gasteiger partial charge in [-0.15, -0.1) is 0 Å². The summed E-state index contributed by atoms with van der Waals surface area (Å²) in [6.45, 7) is 2.59. The number of carbonyl (C=O) groups excluding carboxylic acids is 1. The maximum absolute atomic E-state index is 12.6. The first-order chi connectivity index (χ1) is 13.1. The largest absolute Gasteiger partial charge is 0.496 e. The van der Waals surface area contributed by atoms with Gasteiger partial charge in [0, 0.05) is 41.7 Å². The summed E-state index contributed by atoms with van der Waals surface area (Å²) in [6.07, 6.45) is 2.40. The minimum Gasteiger partial charge on any atom is -0.496 e. The van der Waals surface area contributed by atoms with E-state index < -0.39 is 0 Å². The van der Waals surface area contributed by atoms with Crippen LogP contribution in [0.4, 0.5) is 17.2 Å². The van der Waals surface area contributed by atoms with Crippen molar-refractivity contribution in [1.82, 2.24) is 15.3 Å². The van der Waals surface area contributed by atoms with Gasteiger partial charge in [-0.25, -0.2) is 4.98 Å². The smallest absolute Gasteiger partial charge is 0.255 e. The second kappa shape index (κ2) is 6.68. The number of hydrogen-bond acceptors (Lipinski definition) is 5. The highest BCUT2D eigenvalue weighted by molar-refractivity contribution is 6.06. The van der Waals surface area contributed by atoms with Crippen LogP contribution in [0.1, 0.15) is 21.6 Å². The molecular formula is C20H21N5O2. The normalized spacial score (nSPS) is 13.0. The Bertz CT molecular complexity index is 1030. The molecule has 1 aliphatic heterocycles. The highest BCUT2D eigenvalue weighted by Crippen LogP contribution is 2.38. The van der Waals surface area contributed by atoms with Crippen molar-refractivity contribution in [2.75, 3.05) is 24.7 Å². The highest BCUT2D eigenvalue weighted by atomic mass is 16.5. The molecule has 4 rings (SSSR count). The first-order valence-electron chi connectivity index (χ1n) is 8.74. The number of nitrogen functional groups attached to an aromatic ring is 1. The Morgan fingerprint density at radius 3 is 2.93 bits per heavy atom. The minimum atomic E-state index is -0.0937. The molecule has 1 aromatic carbocycles.